The summed E-state index contributed by atoms with van der Waals surface area (Å²) in [4.78, 5) is 13.7. The van der Waals surface area contributed by atoms with Crippen molar-refractivity contribution in [3.8, 4) is 0 Å². The maximum absolute atomic E-state index is 11.8. The van der Waals surface area contributed by atoms with E-state index in [2.05, 4.69) is 5.32 Å². The summed E-state index contributed by atoms with van der Waals surface area (Å²) in [6.45, 7) is 6.27. The summed E-state index contributed by atoms with van der Waals surface area (Å²) < 4.78 is 0. The number of hydrogen-bond donors (Lipinski definition) is 1. The van der Waals surface area contributed by atoms with Crippen LogP contribution in [0, 0.1) is 5.41 Å². The molecular weight excluding hydrogens is 244 g/mol. The van der Waals surface area contributed by atoms with Crippen LogP contribution < -0.4 is 5.32 Å². The molecule has 4 heteroatoms. The lowest BCUT2D eigenvalue weighted by atomic mass is 9.96. The second kappa shape index (κ2) is 5.96. The predicted octanol–water partition coefficient (Wildman–Crippen LogP) is 2.57. The number of thiocarbonyl (C=S) groups is 1. The number of nitrogens with one attached hydrogen (secondary N) is 1. The van der Waals surface area contributed by atoms with Crippen molar-refractivity contribution in [1.82, 2.24) is 10.2 Å². The van der Waals surface area contributed by atoms with Crippen LogP contribution >= 0.6 is 12.2 Å². The second-order valence-corrected chi connectivity index (χ2v) is 5.74. The Morgan fingerprint density at radius 1 is 1.28 bits per heavy atom. The molecule has 0 unspecified atom stereocenters. The molecule has 0 spiro atoms. The van der Waals surface area contributed by atoms with Crippen LogP contribution in [0.2, 0.25) is 0 Å². The van der Waals surface area contributed by atoms with Gasteiger partial charge >= 0.3 is 0 Å². The van der Waals surface area contributed by atoms with Gasteiger partial charge in [-0.2, -0.15) is 0 Å². The summed E-state index contributed by atoms with van der Waals surface area (Å²) in [6.07, 6.45) is 0. The summed E-state index contributed by atoms with van der Waals surface area (Å²) in [5.41, 5.74) is 0.727. The van der Waals surface area contributed by atoms with E-state index in [-0.39, 0.29) is 5.91 Å². The van der Waals surface area contributed by atoms with Gasteiger partial charge < -0.3 is 10.2 Å². The minimum absolute atomic E-state index is 0.0626. The molecule has 0 aliphatic heterocycles. The standard InChI is InChI=1S/C14H20N2OS/c1-14(2,3)12(17)15-13(18)16(4)10-11-8-6-5-7-9-11/h5-9H,10H2,1-4H3,(H,15,17,18). The van der Waals surface area contributed by atoms with Gasteiger partial charge in [-0.25, -0.2) is 0 Å². The van der Waals surface area contributed by atoms with Gasteiger partial charge in [-0.05, 0) is 17.8 Å². The van der Waals surface area contributed by atoms with Gasteiger partial charge in [-0.3, -0.25) is 4.79 Å². The average Bonchev–Trinajstić information content (AvgIpc) is 2.28. The molecule has 0 heterocycles. The molecule has 1 aromatic carbocycles. The highest BCUT2D eigenvalue weighted by molar-refractivity contribution is 7.80. The molecule has 1 N–H and O–H groups in total. The summed E-state index contributed by atoms with van der Waals surface area (Å²) in [5.74, 6) is -0.0626. The average molecular weight is 264 g/mol. The zero-order valence-electron chi connectivity index (χ0n) is 11.4. The van der Waals surface area contributed by atoms with Crippen LogP contribution in [-0.2, 0) is 11.3 Å². The molecule has 0 fully saturated rings. The molecule has 0 aliphatic carbocycles. The van der Waals surface area contributed by atoms with E-state index >= 15 is 0 Å². The molecule has 0 atom stereocenters. The fourth-order valence-electron chi connectivity index (χ4n) is 1.31. The van der Waals surface area contributed by atoms with E-state index < -0.39 is 5.41 Å². The molecule has 0 aliphatic rings. The lowest BCUT2D eigenvalue weighted by molar-refractivity contribution is -0.127. The number of carbonyl (C=O) groups is 1. The molecule has 1 aromatic rings. The van der Waals surface area contributed by atoms with Crippen molar-refractivity contribution in [3.05, 3.63) is 35.9 Å². The minimum Gasteiger partial charge on any atom is -0.348 e. The second-order valence-electron chi connectivity index (χ2n) is 5.35. The summed E-state index contributed by atoms with van der Waals surface area (Å²) in [6, 6.07) is 10.0. The van der Waals surface area contributed by atoms with Crippen molar-refractivity contribution >= 4 is 23.2 Å². The first-order chi connectivity index (χ1) is 8.30. The van der Waals surface area contributed by atoms with E-state index in [9.17, 15) is 4.79 Å². The van der Waals surface area contributed by atoms with Crippen molar-refractivity contribution in [3.63, 3.8) is 0 Å². The maximum atomic E-state index is 11.8. The monoisotopic (exact) mass is 264 g/mol. The quantitative estimate of drug-likeness (QED) is 0.833. The zero-order valence-corrected chi connectivity index (χ0v) is 12.2. The highest BCUT2D eigenvalue weighted by Gasteiger charge is 2.22. The molecule has 1 rings (SSSR count). The lowest BCUT2D eigenvalue weighted by Gasteiger charge is -2.24. The van der Waals surface area contributed by atoms with E-state index in [4.69, 9.17) is 12.2 Å². The number of carbonyl (C=O) groups excluding carboxylic acids is 1. The SMILES string of the molecule is CN(Cc1ccccc1)C(=S)NC(=O)C(C)(C)C. The first kappa shape index (κ1) is 14.6. The van der Waals surface area contributed by atoms with Crippen LogP contribution in [0.5, 0.6) is 0 Å². The van der Waals surface area contributed by atoms with E-state index in [0.29, 0.717) is 11.7 Å². The number of hydrogen-bond acceptors (Lipinski definition) is 2. The van der Waals surface area contributed by atoms with Gasteiger partial charge in [0, 0.05) is 19.0 Å². The Morgan fingerprint density at radius 2 is 1.83 bits per heavy atom. The third-order valence-corrected chi connectivity index (χ3v) is 2.92. The van der Waals surface area contributed by atoms with Gasteiger partial charge in [0.2, 0.25) is 5.91 Å². The molecule has 18 heavy (non-hydrogen) atoms. The molecule has 1 amide bonds. The van der Waals surface area contributed by atoms with Gasteiger partial charge in [0.05, 0.1) is 0 Å². The van der Waals surface area contributed by atoms with E-state index in [0.717, 1.165) is 5.56 Å². The lowest BCUT2D eigenvalue weighted by Crippen LogP contribution is -2.44. The maximum Gasteiger partial charge on any atom is 0.231 e. The predicted molar refractivity (Wildman–Crippen MR) is 78.1 cm³/mol. The number of amides is 1. The van der Waals surface area contributed by atoms with Crippen LogP contribution in [0.4, 0.5) is 0 Å². The third kappa shape index (κ3) is 4.45. The highest BCUT2D eigenvalue weighted by Crippen LogP contribution is 2.12. The number of rotatable bonds is 2. The molecule has 0 aromatic heterocycles. The third-order valence-electron chi connectivity index (χ3n) is 2.51. The van der Waals surface area contributed by atoms with Gasteiger partial charge in [-0.15, -0.1) is 0 Å². The normalized spacial score (nSPS) is 10.9. The highest BCUT2D eigenvalue weighted by atomic mass is 32.1. The van der Waals surface area contributed by atoms with Crippen molar-refractivity contribution < 1.29 is 4.79 Å². The van der Waals surface area contributed by atoms with Gasteiger partial charge in [0.25, 0.3) is 0 Å². The number of benzene rings is 1. The Kier molecular flexibility index (Phi) is 4.84. The molecule has 0 radical (unpaired) electrons. The Morgan fingerprint density at radius 3 is 2.33 bits per heavy atom. The largest absolute Gasteiger partial charge is 0.348 e. The Bertz CT molecular complexity index is 423. The van der Waals surface area contributed by atoms with Crippen molar-refractivity contribution in [1.29, 1.82) is 0 Å². The van der Waals surface area contributed by atoms with Gasteiger partial charge in [-0.1, -0.05) is 51.1 Å². The van der Waals surface area contributed by atoms with Crippen LogP contribution in [0.15, 0.2) is 30.3 Å². The van der Waals surface area contributed by atoms with E-state index in [1.165, 1.54) is 0 Å². The van der Waals surface area contributed by atoms with E-state index in [1.807, 2.05) is 63.1 Å². The summed E-state index contributed by atoms with van der Waals surface area (Å²) in [7, 11) is 1.87. The Hall–Kier alpha value is -1.42. The smallest absolute Gasteiger partial charge is 0.231 e. The fourth-order valence-corrected chi connectivity index (χ4v) is 1.47. The van der Waals surface area contributed by atoms with Gasteiger partial charge in [0.1, 0.15) is 0 Å². The van der Waals surface area contributed by atoms with E-state index in [1.54, 1.807) is 0 Å². The number of nitrogens with zero attached hydrogens (tertiary/aromatic N) is 1. The topological polar surface area (TPSA) is 32.3 Å². The Balaban J connectivity index is 2.55. The van der Waals surface area contributed by atoms with Crippen molar-refractivity contribution in [2.45, 2.75) is 27.3 Å². The molecule has 0 bridgehead atoms. The molecule has 0 saturated heterocycles. The zero-order chi connectivity index (χ0) is 13.8. The fraction of sp³-hybridized carbons (Fsp3) is 0.429. The first-order valence-electron chi connectivity index (χ1n) is 5.91. The van der Waals surface area contributed by atoms with Crippen molar-refractivity contribution in [2.24, 2.45) is 5.41 Å². The molecule has 3 nitrogen and oxygen atoms in total. The van der Waals surface area contributed by atoms with Crippen LogP contribution in [0.3, 0.4) is 0 Å². The minimum atomic E-state index is -0.433. The van der Waals surface area contributed by atoms with Gasteiger partial charge in [0.15, 0.2) is 5.11 Å². The summed E-state index contributed by atoms with van der Waals surface area (Å²) in [5, 5.41) is 3.22. The van der Waals surface area contributed by atoms with Crippen LogP contribution in [-0.4, -0.2) is 23.0 Å². The van der Waals surface area contributed by atoms with Crippen LogP contribution in [0.25, 0.3) is 0 Å². The summed E-state index contributed by atoms with van der Waals surface area (Å²) >= 11 is 5.21. The first-order valence-corrected chi connectivity index (χ1v) is 6.32. The molecule has 0 saturated carbocycles. The molecule has 98 valence electrons. The molecular formula is C14H20N2OS. The Labute approximate surface area is 114 Å². The van der Waals surface area contributed by atoms with Crippen LogP contribution in [0.1, 0.15) is 26.3 Å². The van der Waals surface area contributed by atoms with Crippen molar-refractivity contribution in [2.75, 3.05) is 7.05 Å².